The highest BCUT2D eigenvalue weighted by atomic mass is 16.5. The van der Waals surface area contributed by atoms with Crippen molar-refractivity contribution in [1.29, 1.82) is 0 Å². The standard InChI is InChI=1S/C26H37N5O/c1-6-7-8-24-28-23-17-20(18-27-25(23)30(24)4)19-31-15-13-26(14-16-31,29(2)3)21-9-11-22(32-5)12-10-21/h9-12,17-18H,6-8,13-16,19H2,1-5H3. The van der Waals surface area contributed by atoms with Crippen LogP contribution >= 0.6 is 0 Å². The van der Waals surface area contributed by atoms with E-state index in [9.17, 15) is 0 Å². The molecule has 172 valence electrons. The third kappa shape index (κ3) is 4.39. The molecule has 1 saturated heterocycles. The highest BCUT2D eigenvalue weighted by Crippen LogP contribution is 2.38. The smallest absolute Gasteiger partial charge is 0.159 e. The first-order valence-electron chi connectivity index (χ1n) is 11.8. The molecule has 1 aliphatic heterocycles. The third-order valence-electron chi connectivity index (χ3n) is 7.19. The molecular formula is C26H37N5O. The number of hydrogen-bond acceptors (Lipinski definition) is 5. The van der Waals surface area contributed by atoms with Crippen LogP contribution in [0.15, 0.2) is 36.5 Å². The van der Waals surface area contributed by atoms with Crippen LogP contribution in [0.2, 0.25) is 0 Å². The van der Waals surface area contributed by atoms with Gasteiger partial charge in [0, 0.05) is 44.8 Å². The van der Waals surface area contributed by atoms with Crippen LogP contribution < -0.4 is 4.74 Å². The second kappa shape index (κ2) is 9.59. The Morgan fingerprint density at radius 3 is 2.47 bits per heavy atom. The van der Waals surface area contributed by atoms with Crippen LogP contribution in [0.25, 0.3) is 11.2 Å². The van der Waals surface area contributed by atoms with E-state index in [2.05, 4.69) is 72.8 Å². The Balaban J connectivity index is 1.46. The molecule has 2 aromatic heterocycles. The molecule has 0 unspecified atom stereocenters. The molecule has 32 heavy (non-hydrogen) atoms. The summed E-state index contributed by atoms with van der Waals surface area (Å²) in [5.74, 6) is 2.05. The Hall–Kier alpha value is -2.44. The summed E-state index contributed by atoms with van der Waals surface area (Å²) in [5, 5.41) is 0. The molecule has 1 aliphatic rings. The van der Waals surface area contributed by atoms with E-state index in [1.165, 1.54) is 24.0 Å². The van der Waals surface area contributed by atoms with Crippen molar-refractivity contribution in [3.05, 3.63) is 53.5 Å². The first-order valence-corrected chi connectivity index (χ1v) is 11.8. The van der Waals surface area contributed by atoms with E-state index in [1.54, 1.807) is 7.11 Å². The van der Waals surface area contributed by atoms with Gasteiger partial charge >= 0.3 is 0 Å². The summed E-state index contributed by atoms with van der Waals surface area (Å²) in [4.78, 5) is 14.6. The number of imidazole rings is 1. The Morgan fingerprint density at radius 2 is 1.84 bits per heavy atom. The van der Waals surface area contributed by atoms with Crippen molar-refractivity contribution in [2.75, 3.05) is 34.3 Å². The number of ether oxygens (including phenoxy) is 1. The zero-order chi connectivity index (χ0) is 22.7. The number of hydrogen-bond donors (Lipinski definition) is 0. The molecule has 0 saturated carbocycles. The van der Waals surface area contributed by atoms with Crippen molar-refractivity contribution >= 4 is 11.2 Å². The van der Waals surface area contributed by atoms with E-state index in [0.717, 1.165) is 61.6 Å². The van der Waals surface area contributed by atoms with Crippen LogP contribution in [0.1, 0.15) is 49.6 Å². The largest absolute Gasteiger partial charge is 0.497 e. The van der Waals surface area contributed by atoms with Gasteiger partial charge in [0.1, 0.15) is 17.1 Å². The topological polar surface area (TPSA) is 46.4 Å². The molecule has 3 heterocycles. The number of piperidine rings is 1. The van der Waals surface area contributed by atoms with Gasteiger partial charge in [-0.25, -0.2) is 9.97 Å². The van der Waals surface area contributed by atoms with Gasteiger partial charge in [-0.2, -0.15) is 0 Å². The SMILES string of the molecule is CCCCc1nc2cc(CN3CCC(c4ccc(OC)cc4)(N(C)C)CC3)cnc2n1C. The van der Waals surface area contributed by atoms with E-state index in [4.69, 9.17) is 14.7 Å². The summed E-state index contributed by atoms with van der Waals surface area (Å²) in [6, 6.07) is 10.8. The number of pyridine rings is 1. The lowest BCUT2D eigenvalue weighted by Crippen LogP contribution is -2.50. The van der Waals surface area contributed by atoms with Crippen molar-refractivity contribution in [1.82, 2.24) is 24.3 Å². The fourth-order valence-electron chi connectivity index (χ4n) is 5.04. The number of rotatable bonds is 8. The average Bonchev–Trinajstić information content (AvgIpc) is 3.13. The number of likely N-dealkylation sites (tertiary alicyclic amines) is 1. The zero-order valence-corrected chi connectivity index (χ0v) is 20.3. The Bertz CT molecular complexity index is 1030. The molecule has 0 bridgehead atoms. The van der Waals surface area contributed by atoms with Crippen LogP contribution in [-0.4, -0.2) is 58.6 Å². The summed E-state index contributed by atoms with van der Waals surface area (Å²) in [6.45, 7) is 5.27. The summed E-state index contributed by atoms with van der Waals surface area (Å²) in [6.07, 6.45) is 7.61. The van der Waals surface area contributed by atoms with Crippen molar-refractivity contribution < 1.29 is 4.74 Å². The van der Waals surface area contributed by atoms with Crippen LogP contribution in [0.5, 0.6) is 5.75 Å². The molecule has 0 atom stereocenters. The van der Waals surface area contributed by atoms with Gasteiger partial charge in [0.25, 0.3) is 0 Å². The Kier molecular flexibility index (Phi) is 6.82. The van der Waals surface area contributed by atoms with Gasteiger partial charge < -0.3 is 9.30 Å². The number of aryl methyl sites for hydroxylation is 2. The molecule has 1 fully saturated rings. The quantitative estimate of drug-likeness (QED) is 0.526. The molecule has 0 spiro atoms. The maximum Gasteiger partial charge on any atom is 0.159 e. The number of nitrogens with zero attached hydrogens (tertiary/aromatic N) is 5. The maximum atomic E-state index is 5.36. The van der Waals surface area contributed by atoms with Gasteiger partial charge in [-0.05, 0) is 62.7 Å². The lowest BCUT2D eigenvalue weighted by molar-refractivity contribution is 0.0507. The molecule has 0 aliphatic carbocycles. The van der Waals surface area contributed by atoms with Crippen LogP contribution in [0, 0.1) is 0 Å². The number of aromatic nitrogens is 3. The van der Waals surface area contributed by atoms with Gasteiger partial charge in [0.05, 0.1) is 7.11 Å². The predicted molar refractivity (Wildman–Crippen MR) is 130 cm³/mol. The highest BCUT2D eigenvalue weighted by molar-refractivity contribution is 5.72. The van der Waals surface area contributed by atoms with Crippen LogP contribution in [-0.2, 0) is 25.6 Å². The number of benzene rings is 1. The highest BCUT2D eigenvalue weighted by Gasteiger charge is 2.38. The summed E-state index contributed by atoms with van der Waals surface area (Å²) in [7, 11) is 8.21. The van der Waals surface area contributed by atoms with Crippen LogP contribution in [0.3, 0.4) is 0 Å². The van der Waals surface area contributed by atoms with E-state index in [0.29, 0.717) is 0 Å². The van der Waals surface area contributed by atoms with Crippen molar-refractivity contribution in [2.24, 2.45) is 7.05 Å². The second-order valence-electron chi connectivity index (χ2n) is 9.31. The van der Waals surface area contributed by atoms with Gasteiger partial charge in [-0.1, -0.05) is 25.5 Å². The number of methoxy groups -OCH3 is 1. The lowest BCUT2D eigenvalue weighted by Gasteiger charge is -2.46. The molecule has 3 aromatic rings. The van der Waals surface area contributed by atoms with Gasteiger partial charge in [0.2, 0.25) is 0 Å². The molecule has 0 radical (unpaired) electrons. The van der Waals surface area contributed by atoms with Crippen molar-refractivity contribution in [3.63, 3.8) is 0 Å². The summed E-state index contributed by atoms with van der Waals surface area (Å²) >= 11 is 0. The average molecular weight is 436 g/mol. The Labute approximate surface area is 192 Å². The summed E-state index contributed by atoms with van der Waals surface area (Å²) < 4.78 is 7.51. The van der Waals surface area contributed by atoms with E-state index < -0.39 is 0 Å². The maximum absolute atomic E-state index is 5.36. The normalized spacial score (nSPS) is 16.7. The minimum atomic E-state index is 0.0696. The first-order chi connectivity index (χ1) is 15.5. The molecule has 0 N–H and O–H groups in total. The number of fused-ring (bicyclic) bond motifs is 1. The molecular weight excluding hydrogens is 398 g/mol. The number of unbranched alkanes of at least 4 members (excludes halogenated alkanes) is 1. The fourth-order valence-corrected chi connectivity index (χ4v) is 5.04. The first kappa shape index (κ1) is 22.7. The van der Waals surface area contributed by atoms with E-state index >= 15 is 0 Å². The fraction of sp³-hybridized carbons (Fsp3) is 0.538. The van der Waals surface area contributed by atoms with E-state index in [-0.39, 0.29) is 5.54 Å². The minimum absolute atomic E-state index is 0.0696. The minimum Gasteiger partial charge on any atom is -0.497 e. The zero-order valence-electron chi connectivity index (χ0n) is 20.3. The lowest BCUT2D eigenvalue weighted by atomic mass is 9.79. The van der Waals surface area contributed by atoms with Crippen LogP contribution in [0.4, 0.5) is 0 Å². The molecule has 0 amide bonds. The molecule has 6 nitrogen and oxygen atoms in total. The van der Waals surface area contributed by atoms with Crippen molar-refractivity contribution in [2.45, 2.75) is 51.1 Å². The van der Waals surface area contributed by atoms with E-state index in [1.807, 2.05) is 6.20 Å². The molecule has 4 rings (SSSR count). The second-order valence-corrected chi connectivity index (χ2v) is 9.31. The van der Waals surface area contributed by atoms with Gasteiger partial charge in [-0.15, -0.1) is 0 Å². The monoisotopic (exact) mass is 435 g/mol. The van der Waals surface area contributed by atoms with Gasteiger partial charge in [0.15, 0.2) is 5.65 Å². The summed E-state index contributed by atoms with van der Waals surface area (Å²) in [5.41, 5.74) is 4.71. The van der Waals surface area contributed by atoms with Gasteiger partial charge in [-0.3, -0.25) is 9.80 Å². The third-order valence-corrected chi connectivity index (χ3v) is 7.19. The van der Waals surface area contributed by atoms with Crippen molar-refractivity contribution in [3.8, 4) is 5.75 Å². The molecule has 6 heteroatoms. The predicted octanol–water partition coefficient (Wildman–Crippen LogP) is 4.37. The molecule has 1 aromatic carbocycles. The Morgan fingerprint density at radius 1 is 1.12 bits per heavy atom.